The van der Waals surface area contributed by atoms with Crippen molar-refractivity contribution in [2.45, 2.75) is 48.8 Å². The van der Waals surface area contributed by atoms with Gasteiger partial charge in [0.1, 0.15) is 10.3 Å². The van der Waals surface area contributed by atoms with Gasteiger partial charge in [0, 0.05) is 24.7 Å². The summed E-state index contributed by atoms with van der Waals surface area (Å²) in [7, 11) is -3.80. The van der Waals surface area contributed by atoms with Crippen molar-refractivity contribution in [3.63, 3.8) is 0 Å². The summed E-state index contributed by atoms with van der Waals surface area (Å²) in [6.45, 7) is 0.0126. The number of hydrogen-bond acceptors (Lipinski definition) is 7. The lowest BCUT2D eigenvalue weighted by Crippen LogP contribution is -2.58. The van der Waals surface area contributed by atoms with E-state index in [1.54, 1.807) is 16.5 Å². The summed E-state index contributed by atoms with van der Waals surface area (Å²) in [4.78, 5) is 31.9. The minimum Gasteiger partial charge on any atom is -0.328 e. The van der Waals surface area contributed by atoms with Gasteiger partial charge in [0.25, 0.3) is 10.0 Å². The summed E-state index contributed by atoms with van der Waals surface area (Å²) in [5.74, 6) is -0.253. The Labute approximate surface area is 200 Å². The normalized spacial score (nSPS) is 19.8. The van der Waals surface area contributed by atoms with E-state index in [0.717, 1.165) is 37.0 Å². The molecule has 2 fully saturated rings. The number of anilines is 1. The van der Waals surface area contributed by atoms with E-state index in [1.165, 1.54) is 34.2 Å². The molecule has 2 aromatic rings. The number of thiazole rings is 1. The molecule has 1 aliphatic heterocycles. The molecule has 8 nitrogen and oxygen atoms in total. The van der Waals surface area contributed by atoms with Crippen LogP contribution < -0.4 is 5.32 Å². The molecule has 3 heterocycles. The van der Waals surface area contributed by atoms with Gasteiger partial charge in [-0.25, -0.2) is 13.4 Å². The van der Waals surface area contributed by atoms with Crippen LogP contribution in [0.4, 0.5) is 5.13 Å². The molecule has 1 saturated heterocycles. The Hall–Kier alpha value is -1.53. The summed E-state index contributed by atoms with van der Waals surface area (Å²) in [5.41, 5.74) is 0. The number of nitrogens with zero attached hydrogens (tertiary/aromatic N) is 3. The Bertz CT molecular complexity index is 1050. The summed E-state index contributed by atoms with van der Waals surface area (Å²) in [5, 5.41) is 5.10. The van der Waals surface area contributed by atoms with Gasteiger partial charge in [-0.15, -0.1) is 22.7 Å². The molecule has 32 heavy (non-hydrogen) atoms. The monoisotopic (exact) mass is 516 g/mol. The summed E-state index contributed by atoms with van der Waals surface area (Å²) in [6.07, 6.45) is 7.75. The van der Waals surface area contributed by atoms with Crippen molar-refractivity contribution in [2.24, 2.45) is 5.92 Å². The van der Waals surface area contributed by atoms with E-state index in [1.807, 2.05) is 0 Å². The highest BCUT2D eigenvalue weighted by Gasteiger charge is 2.39. The molecule has 2 aliphatic rings. The van der Waals surface area contributed by atoms with Crippen LogP contribution in [0.1, 0.15) is 38.5 Å². The molecule has 0 spiro atoms. The summed E-state index contributed by atoms with van der Waals surface area (Å²) in [6, 6.07) is 2.34. The third kappa shape index (κ3) is 5.33. The fraction of sp³-hybridized carbons (Fsp3) is 0.550. The van der Waals surface area contributed by atoms with Crippen molar-refractivity contribution in [3.8, 4) is 0 Å². The van der Waals surface area contributed by atoms with E-state index < -0.39 is 16.1 Å². The first kappa shape index (κ1) is 23.6. The first-order valence-electron chi connectivity index (χ1n) is 10.6. The van der Waals surface area contributed by atoms with Crippen LogP contribution >= 0.6 is 34.3 Å². The largest absolute Gasteiger partial charge is 0.328 e. The van der Waals surface area contributed by atoms with Crippen LogP contribution in [-0.4, -0.2) is 60.1 Å². The van der Waals surface area contributed by atoms with Gasteiger partial charge in [0.05, 0.1) is 10.9 Å². The van der Waals surface area contributed by atoms with Gasteiger partial charge in [0.2, 0.25) is 11.8 Å². The molecule has 2 aromatic heterocycles. The number of nitrogens with one attached hydrogen (secondary N) is 1. The van der Waals surface area contributed by atoms with Gasteiger partial charge in [-0.2, -0.15) is 4.31 Å². The SMILES string of the molecule is O=C(Nc1nccs1)[C@H](CC1CCCCC1)N1CCN(S(=O)(=O)c2ccc(Cl)s2)CC1=O. The maximum atomic E-state index is 13.1. The number of carbonyl (C=O) groups is 2. The lowest BCUT2D eigenvalue weighted by Gasteiger charge is -2.39. The molecule has 1 saturated carbocycles. The highest BCUT2D eigenvalue weighted by molar-refractivity contribution is 7.91. The molecule has 1 N–H and O–H groups in total. The van der Waals surface area contributed by atoms with Gasteiger partial charge in [-0.1, -0.05) is 43.7 Å². The lowest BCUT2D eigenvalue weighted by molar-refractivity contribution is -0.142. The number of piperazine rings is 1. The number of aromatic nitrogens is 1. The zero-order chi connectivity index (χ0) is 22.7. The molecule has 1 atom stereocenters. The number of halogens is 1. The Morgan fingerprint density at radius 1 is 1.25 bits per heavy atom. The molecular formula is C20H25ClN4O4S3. The Kier molecular flexibility index (Phi) is 7.51. The van der Waals surface area contributed by atoms with Crippen LogP contribution in [0.15, 0.2) is 27.9 Å². The maximum absolute atomic E-state index is 13.1. The molecule has 12 heteroatoms. The van der Waals surface area contributed by atoms with Crippen molar-refractivity contribution in [1.29, 1.82) is 0 Å². The van der Waals surface area contributed by atoms with Crippen molar-refractivity contribution < 1.29 is 18.0 Å². The van der Waals surface area contributed by atoms with Gasteiger partial charge in [0.15, 0.2) is 5.13 Å². The van der Waals surface area contributed by atoms with Crippen molar-refractivity contribution in [1.82, 2.24) is 14.2 Å². The second-order valence-corrected chi connectivity index (χ2v) is 12.8. The Morgan fingerprint density at radius 3 is 2.66 bits per heavy atom. The number of rotatable bonds is 7. The van der Waals surface area contributed by atoms with Gasteiger partial charge < -0.3 is 10.2 Å². The number of hydrogen-bond donors (Lipinski definition) is 1. The second-order valence-electron chi connectivity index (χ2n) is 8.07. The summed E-state index contributed by atoms with van der Waals surface area (Å²) < 4.78 is 27.5. The predicted molar refractivity (Wildman–Crippen MR) is 126 cm³/mol. The highest BCUT2D eigenvalue weighted by Crippen LogP contribution is 2.31. The minimum atomic E-state index is -3.80. The van der Waals surface area contributed by atoms with Gasteiger partial charge in [-0.3, -0.25) is 9.59 Å². The lowest BCUT2D eigenvalue weighted by atomic mass is 9.84. The van der Waals surface area contributed by atoms with Gasteiger partial charge >= 0.3 is 0 Å². The molecule has 4 rings (SSSR count). The standard InChI is InChI=1S/C20H25ClN4O4S3/c21-16-6-7-18(31-16)32(28,29)24-9-10-25(17(26)13-24)15(12-14-4-2-1-3-5-14)19(27)23-20-22-8-11-30-20/h6-8,11,14-15H,1-5,9-10,12-13H2,(H,22,23,27)/t15-/m0/s1. The predicted octanol–water partition coefficient (Wildman–Crippen LogP) is 3.67. The Morgan fingerprint density at radius 2 is 2.03 bits per heavy atom. The third-order valence-electron chi connectivity index (χ3n) is 5.99. The van der Waals surface area contributed by atoms with E-state index in [0.29, 0.717) is 21.8 Å². The maximum Gasteiger partial charge on any atom is 0.253 e. The average Bonchev–Trinajstić information content (AvgIpc) is 3.45. The van der Waals surface area contributed by atoms with Crippen LogP contribution in [-0.2, 0) is 19.6 Å². The van der Waals surface area contributed by atoms with E-state index >= 15 is 0 Å². The molecule has 0 aromatic carbocycles. The summed E-state index contributed by atoms with van der Waals surface area (Å²) >= 11 is 8.19. The number of carbonyl (C=O) groups excluding carboxylic acids is 2. The Balaban J connectivity index is 1.49. The van der Waals surface area contributed by atoms with E-state index in [4.69, 9.17) is 11.6 Å². The van der Waals surface area contributed by atoms with E-state index in [9.17, 15) is 18.0 Å². The molecule has 2 amide bonds. The van der Waals surface area contributed by atoms with Crippen LogP contribution in [0.2, 0.25) is 4.34 Å². The zero-order valence-corrected chi connectivity index (χ0v) is 20.6. The fourth-order valence-electron chi connectivity index (χ4n) is 4.35. The average molecular weight is 517 g/mol. The second kappa shape index (κ2) is 10.2. The van der Waals surface area contributed by atoms with Crippen LogP contribution in [0, 0.1) is 5.92 Å². The smallest absolute Gasteiger partial charge is 0.253 e. The highest BCUT2D eigenvalue weighted by atomic mass is 35.5. The quantitative estimate of drug-likeness (QED) is 0.605. The number of sulfonamides is 1. The number of amides is 2. The minimum absolute atomic E-state index is 0.115. The first-order valence-corrected chi connectivity index (χ1v) is 14.1. The van der Waals surface area contributed by atoms with Crippen molar-refractivity contribution in [2.75, 3.05) is 25.0 Å². The van der Waals surface area contributed by atoms with E-state index in [2.05, 4.69) is 10.3 Å². The first-order chi connectivity index (χ1) is 15.3. The molecule has 0 unspecified atom stereocenters. The van der Waals surface area contributed by atoms with Crippen molar-refractivity contribution in [3.05, 3.63) is 28.0 Å². The third-order valence-corrected chi connectivity index (χ3v) is 10.2. The molecule has 174 valence electrons. The van der Waals surface area contributed by atoms with Crippen molar-refractivity contribution >= 4 is 61.2 Å². The molecular weight excluding hydrogens is 492 g/mol. The molecule has 0 bridgehead atoms. The molecule has 0 radical (unpaired) electrons. The topological polar surface area (TPSA) is 99.7 Å². The van der Waals surface area contributed by atoms with E-state index in [-0.39, 0.29) is 35.7 Å². The fourth-order valence-corrected chi connectivity index (χ4v) is 7.90. The zero-order valence-electron chi connectivity index (χ0n) is 17.4. The van der Waals surface area contributed by atoms with Crippen LogP contribution in [0.25, 0.3) is 0 Å². The van der Waals surface area contributed by atoms with Crippen LogP contribution in [0.5, 0.6) is 0 Å². The molecule has 1 aliphatic carbocycles. The van der Waals surface area contributed by atoms with Gasteiger partial charge in [-0.05, 0) is 24.5 Å². The van der Waals surface area contributed by atoms with Crippen LogP contribution in [0.3, 0.4) is 0 Å². The number of thiophene rings is 1.